The maximum absolute atomic E-state index is 10.8. The van der Waals surface area contributed by atoms with Crippen molar-refractivity contribution < 1.29 is 9.53 Å². The number of aromatic nitrogens is 1. The Hall–Kier alpha value is -1.03. The van der Waals surface area contributed by atoms with Crippen LogP contribution < -0.4 is 4.74 Å². The number of pyridine rings is 1. The molecule has 0 bridgehead atoms. The van der Waals surface area contributed by atoms with Gasteiger partial charge in [-0.15, -0.1) is 12.6 Å². The first-order valence-electron chi connectivity index (χ1n) is 2.98. The molecule has 1 aromatic heterocycles. The molecule has 11 heavy (non-hydrogen) atoms. The first-order valence-corrected chi connectivity index (χ1v) is 3.42. The number of hydrogen-bond acceptors (Lipinski definition) is 3. The zero-order chi connectivity index (χ0) is 8.27. The first kappa shape index (κ1) is 8.07. The fourth-order valence-corrected chi connectivity index (χ4v) is 0.886. The summed E-state index contributed by atoms with van der Waals surface area (Å²) in [5.74, 6) is 0.312. The van der Waals surface area contributed by atoms with Crippen molar-refractivity contribution in [2.75, 3.05) is 7.11 Å². The van der Waals surface area contributed by atoms with Gasteiger partial charge in [-0.3, -0.25) is 4.79 Å². The second kappa shape index (κ2) is 3.39. The predicted molar refractivity (Wildman–Crippen MR) is 44.1 cm³/mol. The van der Waals surface area contributed by atoms with Gasteiger partial charge in [0.05, 0.1) is 12.7 Å². The topological polar surface area (TPSA) is 39.2 Å². The highest BCUT2D eigenvalue weighted by molar-refractivity contribution is 7.97. The molecule has 0 unspecified atom stereocenters. The van der Waals surface area contributed by atoms with Crippen LogP contribution in [0.5, 0.6) is 5.88 Å². The Labute approximate surface area is 69.8 Å². The van der Waals surface area contributed by atoms with Crippen molar-refractivity contribution in [1.82, 2.24) is 4.98 Å². The lowest BCUT2D eigenvalue weighted by Crippen LogP contribution is -1.96. The molecule has 0 saturated heterocycles. The van der Waals surface area contributed by atoms with E-state index in [4.69, 9.17) is 4.74 Å². The molecule has 0 atom stereocenters. The molecule has 0 amide bonds. The molecule has 0 N–H and O–H groups in total. The van der Waals surface area contributed by atoms with Gasteiger partial charge in [0, 0.05) is 6.20 Å². The average molecular weight is 169 g/mol. The Morgan fingerprint density at radius 3 is 2.91 bits per heavy atom. The van der Waals surface area contributed by atoms with E-state index in [-0.39, 0.29) is 5.12 Å². The molecular formula is C7H7NO2S. The molecule has 0 fully saturated rings. The number of hydrogen-bond donors (Lipinski definition) is 1. The van der Waals surface area contributed by atoms with Crippen LogP contribution in [-0.2, 0) is 0 Å². The molecule has 58 valence electrons. The van der Waals surface area contributed by atoms with Gasteiger partial charge in [-0.25, -0.2) is 4.98 Å². The monoisotopic (exact) mass is 169 g/mol. The number of ether oxygens (including phenoxy) is 1. The molecular weight excluding hydrogens is 162 g/mol. The van der Waals surface area contributed by atoms with E-state index in [2.05, 4.69) is 17.6 Å². The van der Waals surface area contributed by atoms with E-state index in [1.807, 2.05) is 0 Å². The van der Waals surface area contributed by atoms with Gasteiger partial charge in [0.2, 0.25) is 11.0 Å². The van der Waals surface area contributed by atoms with E-state index in [1.54, 1.807) is 18.3 Å². The van der Waals surface area contributed by atoms with Gasteiger partial charge >= 0.3 is 0 Å². The molecule has 3 nitrogen and oxygen atoms in total. The van der Waals surface area contributed by atoms with Gasteiger partial charge in [0.25, 0.3) is 0 Å². The van der Waals surface area contributed by atoms with Gasteiger partial charge < -0.3 is 4.74 Å². The van der Waals surface area contributed by atoms with Crippen molar-refractivity contribution in [3.63, 3.8) is 0 Å². The molecule has 0 saturated carbocycles. The Bertz CT molecular complexity index is 275. The van der Waals surface area contributed by atoms with E-state index in [0.29, 0.717) is 11.4 Å². The van der Waals surface area contributed by atoms with Gasteiger partial charge in [0.1, 0.15) is 0 Å². The van der Waals surface area contributed by atoms with Crippen LogP contribution in [0, 0.1) is 0 Å². The molecule has 0 aliphatic rings. The van der Waals surface area contributed by atoms with Crippen molar-refractivity contribution >= 4 is 17.7 Å². The van der Waals surface area contributed by atoms with Crippen molar-refractivity contribution in [2.45, 2.75) is 0 Å². The fraction of sp³-hybridized carbons (Fsp3) is 0.143. The smallest absolute Gasteiger partial charge is 0.225 e. The summed E-state index contributed by atoms with van der Waals surface area (Å²) in [5, 5.41) is -0.338. The lowest BCUT2D eigenvalue weighted by atomic mass is 10.3. The largest absolute Gasteiger partial charge is 0.480 e. The van der Waals surface area contributed by atoms with Crippen molar-refractivity contribution in [2.24, 2.45) is 0 Å². The zero-order valence-corrected chi connectivity index (χ0v) is 6.84. The van der Waals surface area contributed by atoms with Crippen molar-refractivity contribution in [1.29, 1.82) is 0 Å². The summed E-state index contributed by atoms with van der Waals surface area (Å²) in [6, 6.07) is 3.27. The van der Waals surface area contributed by atoms with E-state index in [9.17, 15) is 4.79 Å². The Morgan fingerprint density at radius 2 is 2.45 bits per heavy atom. The highest BCUT2D eigenvalue weighted by Crippen LogP contribution is 2.14. The molecule has 0 aliphatic heterocycles. The third-order valence-corrected chi connectivity index (χ3v) is 1.44. The highest BCUT2D eigenvalue weighted by Gasteiger charge is 2.07. The van der Waals surface area contributed by atoms with Crippen LogP contribution in [0.3, 0.4) is 0 Å². The van der Waals surface area contributed by atoms with Gasteiger partial charge in [0.15, 0.2) is 0 Å². The third-order valence-electron chi connectivity index (χ3n) is 1.19. The summed E-state index contributed by atoms with van der Waals surface area (Å²) in [6.45, 7) is 0. The van der Waals surface area contributed by atoms with Crippen LogP contribution in [0.4, 0.5) is 0 Å². The lowest BCUT2D eigenvalue weighted by molar-refractivity contribution is 0.108. The van der Waals surface area contributed by atoms with Gasteiger partial charge in [-0.1, -0.05) is 0 Å². The third kappa shape index (κ3) is 1.71. The number of thiol groups is 1. The van der Waals surface area contributed by atoms with Crippen LogP contribution in [0.2, 0.25) is 0 Å². The van der Waals surface area contributed by atoms with Crippen molar-refractivity contribution in [3.8, 4) is 5.88 Å². The van der Waals surface area contributed by atoms with E-state index >= 15 is 0 Å². The summed E-state index contributed by atoms with van der Waals surface area (Å²) in [4.78, 5) is 14.6. The number of carbonyl (C=O) groups excluding carboxylic acids is 1. The number of nitrogens with zero attached hydrogens (tertiary/aromatic N) is 1. The summed E-state index contributed by atoms with van der Waals surface area (Å²) in [6.07, 6.45) is 1.55. The maximum atomic E-state index is 10.8. The molecule has 0 radical (unpaired) electrons. The second-order valence-electron chi connectivity index (χ2n) is 1.87. The molecule has 1 heterocycles. The summed E-state index contributed by atoms with van der Waals surface area (Å²) < 4.78 is 4.83. The first-order chi connectivity index (χ1) is 5.25. The van der Waals surface area contributed by atoms with E-state index < -0.39 is 0 Å². The predicted octanol–water partition coefficient (Wildman–Crippen LogP) is 1.16. The fourth-order valence-electron chi connectivity index (χ4n) is 0.716. The highest BCUT2D eigenvalue weighted by atomic mass is 32.1. The number of carbonyl (C=O) groups is 1. The average Bonchev–Trinajstić information content (AvgIpc) is 2.04. The van der Waals surface area contributed by atoms with E-state index in [1.165, 1.54) is 7.11 Å². The minimum absolute atomic E-state index is 0.312. The van der Waals surface area contributed by atoms with Gasteiger partial charge in [-0.05, 0) is 12.1 Å². The minimum atomic E-state index is -0.338. The van der Waals surface area contributed by atoms with Gasteiger partial charge in [-0.2, -0.15) is 0 Å². The number of rotatable bonds is 2. The van der Waals surface area contributed by atoms with Crippen LogP contribution in [0.1, 0.15) is 10.4 Å². The Kier molecular flexibility index (Phi) is 2.48. The zero-order valence-electron chi connectivity index (χ0n) is 5.94. The molecule has 1 aromatic rings. The van der Waals surface area contributed by atoms with Crippen LogP contribution in [-0.4, -0.2) is 17.2 Å². The van der Waals surface area contributed by atoms with Crippen LogP contribution in [0.15, 0.2) is 18.3 Å². The molecule has 0 aromatic carbocycles. The molecule has 4 heteroatoms. The molecule has 1 rings (SSSR count). The van der Waals surface area contributed by atoms with Crippen LogP contribution in [0.25, 0.3) is 0 Å². The maximum Gasteiger partial charge on any atom is 0.225 e. The lowest BCUT2D eigenvalue weighted by Gasteiger charge is -2.00. The Balaban J connectivity index is 3.12. The SMILES string of the molecule is COc1ncccc1C(=O)S. The Morgan fingerprint density at radius 1 is 1.73 bits per heavy atom. The van der Waals surface area contributed by atoms with Crippen LogP contribution >= 0.6 is 12.6 Å². The quantitative estimate of drug-likeness (QED) is 0.675. The minimum Gasteiger partial charge on any atom is -0.480 e. The van der Waals surface area contributed by atoms with E-state index in [0.717, 1.165) is 0 Å². The normalized spacial score (nSPS) is 9.27. The molecule has 0 spiro atoms. The van der Waals surface area contributed by atoms with Crippen molar-refractivity contribution in [3.05, 3.63) is 23.9 Å². The second-order valence-corrected chi connectivity index (χ2v) is 2.27. The molecule has 0 aliphatic carbocycles. The summed E-state index contributed by atoms with van der Waals surface area (Å²) in [5.41, 5.74) is 0.387. The standard InChI is InChI=1S/C7H7NO2S/c1-10-6-5(7(9)11)3-2-4-8-6/h2-4H,1H3,(H,9,11). The summed E-state index contributed by atoms with van der Waals surface area (Å²) >= 11 is 3.65. The summed E-state index contributed by atoms with van der Waals surface area (Å²) in [7, 11) is 1.46. The number of methoxy groups -OCH3 is 1.